The Morgan fingerprint density at radius 1 is 0.468 bits per heavy atom. The summed E-state index contributed by atoms with van der Waals surface area (Å²) in [5.41, 5.74) is 7.30. The minimum Gasteiger partial charge on any atom is -0.493 e. The molecule has 0 unspecified atom stereocenters. The zero-order valence-corrected chi connectivity index (χ0v) is 26.1. The lowest BCUT2D eigenvalue weighted by atomic mass is 9.91. The summed E-state index contributed by atoms with van der Waals surface area (Å²) in [6.45, 7) is 0. The average Bonchev–Trinajstić information content (AvgIpc) is 3.54. The molecule has 4 heteroatoms. The van der Waals surface area contributed by atoms with Gasteiger partial charge in [-0.25, -0.2) is 4.52 Å². The highest BCUT2D eigenvalue weighted by Crippen LogP contribution is 2.46. The highest BCUT2D eigenvalue weighted by molar-refractivity contribution is 6.17. The Hall–Kier alpha value is -6.13. The van der Waals surface area contributed by atoms with Crippen LogP contribution in [0.1, 0.15) is 0 Å². The van der Waals surface area contributed by atoms with Crippen LogP contribution in [-0.2, 0) is 0 Å². The molecule has 0 bridgehead atoms. The van der Waals surface area contributed by atoms with Gasteiger partial charge in [0.25, 0.3) is 0 Å². The van der Waals surface area contributed by atoms with E-state index < -0.39 is 0 Å². The van der Waals surface area contributed by atoms with Gasteiger partial charge in [-0.15, -0.1) is 0 Å². The van der Waals surface area contributed by atoms with Crippen LogP contribution >= 0.6 is 0 Å². The van der Waals surface area contributed by atoms with Gasteiger partial charge in [0.1, 0.15) is 5.69 Å². The van der Waals surface area contributed by atoms with E-state index in [1.54, 1.807) is 14.2 Å². The topological polar surface area (TPSA) is 35.8 Å². The molecular formula is C43H30N2O2. The van der Waals surface area contributed by atoms with E-state index in [1.165, 1.54) is 32.3 Å². The molecule has 0 saturated heterocycles. The normalized spacial score (nSPS) is 11.6. The van der Waals surface area contributed by atoms with Gasteiger partial charge in [-0.1, -0.05) is 115 Å². The van der Waals surface area contributed by atoms with Gasteiger partial charge in [-0.2, -0.15) is 5.10 Å². The monoisotopic (exact) mass is 606 g/mol. The third kappa shape index (κ3) is 4.26. The van der Waals surface area contributed by atoms with Crippen LogP contribution in [0.15, 0.2) is 146 Å². The SMILES string of the molecule is COc1cc2cc(-c3ccccc3)n3nc(-c4cc5ccccc5c5ccccc45)c(-c4ccc5ccccc5c4)c3c2cc1OC. The van der Waals surface area contributed by atoms with E-state index in [4.69, 9.17) is 14.6 Å². The van der Waals surface area contributed by atoms with Gasteiger partial charge in [0.05, 0.1) is 25.4 Å². The lowest BCUT2D eigenvalue weighted by Gasteiger charge is -2.14. The fourth-order valence-corrected chi connectivity index (χ4v) is 7.14. The average molecular weight is 607 g/mol. The molecule has 0 saturated carbocycles. The molecule has 0 amide bonds. The first-order chi connectivity index (χ1) is 23.2. The van der Waals surface area contributed by atoms with Crippen molar-refractivity contribution < 1.29 is 9.47 Å². The number of nitrogens with zero attached hydrogens (tertiary/aromatic N) is 2. The summed E-state index contributed by atoms with van der Waals surface area (Å²) < 4.78 is 13.8. The van der Waals surface area contributed by atoms with Crippen molar-refractivity contribution in [3.05, 3.63) is 146 Å². The number of hydrogen-bond donors (Lipinski definition) is 0. The molecule has 9 aromatic rings. The van der Waals surface area contributed by atoms with Gasteiger partial charge in [-0.3, -0.25) is 0 Å². The first-order valence-corrected chi connectivity index (χ1v) is 15.8. The molecule has 0 aliphatic rings. The number of hydrogen-bond acceptors (Lipinski definition) is 3. The molecule has 47 heavy (non-hydrogen) atoms. The molecule has 0 radical (unpaired) electrons. The minimum absolute atomic E-state index is 0.678. The number of aromatic nitrogens is 2. The molecule has 0 atom stereocenters. The smallest absolute Gasteiger partial charge is 0.161 e. The molecule has 224 valence electrons. The number of pyridine rings is 1. The number of ether oxygens (including phenoxy) is 2. The summed E-state index contributed by atoms with van der Waals surface area (Å²) in [5.74, 6) is 1.37. The van der Waals surface area contributed by atoms with E-state index in [9.17, 15) is 0 Å². The molecule has 0 spiro atoms. The number of rotatable bonds is 5. The molecule has 9 rings (SSSR count). The van der Waals surface area contributed by atoms with E-state index in [2.05, 4.69) is 144 Å². The van der Waals surface area contributed by atoms with Crippen LogP contribution in [-0.4, -0.2) is 23.8 Å². The fraction of sp³-hybridized carbons (Fsp3) is 0.0465. The van der Waals surface area contributed by atoms with E-state index in [0.717, 1.165) is 49.9 Å². The molecule has 4 nitrogen and oxygen atoms in total. The summed E-state index contributed by atoms with van der Waals surface area (Å²) in [4.78, 5) is 0. The second-order valence-electron chi connectivity index (χ2n) is 11.9. The summed E-state index contributed by atoms with van der Waals surface area (Å²) in [6.07, 6.45) is 0. The lowest BCUT2D eigenvalue weighted by Crippen LogP contribution is -1.97. The van der Waals surface area contributed by atoms with Crippen molar-refractivity contribution in [3.63, 3.8) is 0 Å². The first-order valence-electron chi connectivity index (χ1n) is 15.8. The van der Waals surface area contributed by atoms with E-state index >= 15 is 0 Å². The molecule has 7 aromatic carbocycles. The Labute approximate surface area is 272 Å². The quantitative estimate of drug-likeness (QED) is 0.183. The predicted molar refractivity (Wildman–Crippen MR) is 195 cm³/mol. The Bertz CT molecular complexity index is 2660. The maximum Gasteiger partial charge on any atom is 0.161 e. The summed E-state index contributed by atoms with van der Waals surface area (Å²) in [6, 6.07) is 51.7. The van der Waals surface area contributed by atoms with Crippen LogP contribution in [0.4, 0.5) is 0 Å². The fourth-order valence-electron chi connectivity index (χ4n) is 7.14. The van der Waals surface area contributed by atoms with Gasteiger partial charge in [0, 0.05) is 22.1 Å². The maximum atomic E-state index is 5.85. The highest BCUT2D eigenvalue weighted by atomic mass is 16.5. The third-order valence-electron chi connectivity index (χ3n) is 9.35. The van der Waals surface area contributed by atoms with Gasteiger partial charge < -0.3 is 9.47 Å². The van der Waals surface area contributed by atoms with Gasteiger partial charge in [0.2, 0.25) is 0 Å². The Kier molecular flexibility index (Phi) is 6.22. The van der Waals surface area contributed by atoms with Crippen molar-refractivity contribution in [2.45, 2.75) is 0 Å². The highest BCUT2D eigenvalue weighted by Gasteiger charge is 2.24. The molecule has 0 aliphatic carbocycles. The van der Waals surface area contributed by atoms with Gasteiger partial charge in [-0.05, 0) is 73.6 Å². The second-order valence-corrected chi connectivity index (χ2v) is 11.9. The van der Waals surface area contributed by atoms with Crippen molar-refractivity contribution in [3.8, 4) is 45.1 Å². The summed E-state index contributed by atoms with van der Waals surface area (Å²) in [7, 11) is 3.37. The molecule has 2 aromatic heterocycles. The van der Waals surface area contributed by atoms with Crippen LogP contribution in [0.5, 0.6) is 11.5 Å². The van der Waals surface area contributed by atoms with Crippen molar-refractivity contribution in [1.29, 1.82) is 0 Å². The van der Waals surface area contributed by atoms with Crippen molar-refractivity contribution in [1.82, 2.24) is 9.61 Å². The molecular weight excluding hydrogens is 576 g/mol. The summed E-state index contributed by atoms with van der Waals surface area (Å²) >= 11 is 0. The number of fused-ring (bicyclic) bond motifs is 7. The lowest BCUT2D eigenvalue weighted by molar-refractivity contribution is 0.356. The van der Waals surface area contributed by atoms with Gasteiger partial charge >= 0.3 is 0 Å². The Morgan fingerprint density at radius 2 is 1.13 bits per heavy atom. The van der Waals surface area contributed by atoms with E-state index in [1.807, 2.05) is 6.07 Å². The Balaban J connectivity index is 1.51. The second kappa shape index (κ2) is 10.7. The molecule has 2 heterocycles. The van der Waals surface area contributed by atoms with Crippen molar-refractivity contribution in [2.75, 3.05) is 14.2 Å². The zero-order valence-electron chi connectivity index (χ0n) is 26.1. The standard InChI is InChI=1S/C43H30N2O2/c1-46-39-25-32-24-38(28-13-4-3-5-14-28)45-43(36(32)26-40(39)47-2)41(31-21-20-27-12-6-7-15-29(27)22-31)42(44-45)37-23-30-16-8-9-17-33(30)34-18-10-11-19-35(34)37/h3-26H,1-2H3. The first kappa shape index (κ1) is 27.2. The molecule has 0 N–H and O–H groups in total. The van der Waals surface area contributed by atoms with Crippen LogP contribution < -0.4 is 9.47 Å². The Morgan fingerprint density at radius 3 is 1.91 bits per heavy atom. The van der Waals surface area contributed by atoms with Crippen LogP contribution in [0, 0.1) is 0 Å². The zero-order chi connectivity index (χ0) is 31.5. The van der Waals surface area contributed by atoms with Gasteiger partial charge in [0.15, 0.2) is 11.5 Å². The van der Waals surface area contributed by atoms with Crippen LogP contribution in [0.2, 0.25) is 0 Å². The minimum atomic E-state index is 0.678. The van der Waals surface area contributed by atoms with Crippen LogP contribution in [0.3, 0.4) is 0 Å². The molecule has 0 aliphatic heterocycles. The number of methoxy groups -OCH3 is 2. The number of benzene rings is 7. The van der Waals surface area contributed by atoms with Crippen molar-refractivity contribution in [2.24, 2.45) is 0 Å². The third-order valence-corrected chi connectivity index (χ3v) is 9.35. The van der Waals surface area contributed by atoms with Crippen molar-refractivity contribution >= 4 is 48.6 Å². The summed E-state index contributed by atoms with van der Waals surface area (Å²) in [5, 5.41) is 14.8. The molecule has 0 fully saturated rings. The van der Waals surface area contributed by atoms with Crippen LogP contribution in [0.25, 0.3) is 82.2 Å². The van der Waals surface area contributed by atoms with E-state index in [-0.39, 0.29) is 0 Å². The van der Waals surface area contributed by atoms with E-state index in [0.29, 0.717) is 11.5 Å². The predicted octanol–water partition coefficient (Wildman–Crippen LogP) is 11.0. The largest absolute Gasteiger partial charge is 0.493 e. The maximum absolute atomic E-state index is 5.85.